The van der Waals surface area contributed by atoms with Gasteiger partial charge in [-0.2, -0.15) is 0 Å². The normalized spacial score (nSPS) is 25.8. The van der Waals surface area contributed by atoms with E-state index in [4.69, 9.17) is 0 Å². The highest BCUT2D eigenvalue weighted by atomic mass is 32.1. The molecule has 0 spiro atoms. The molecule has 0 amide bonds. The van der Waals surface area contributed by atoms with Gasteiger partial charge in [-0.3, -0.25) is 4.79 Å². The Morgan fingerprint density at radius 2 is 2.08 bits per heavy atom. The van der Waals surface area contributed by atoms with Gasteiger partial charge in [-0.1, -0.05) is 44.2 Å². The molecule has 128 valence electrons. The number of aliphatic hydroxyl groups excluding tert-OH is 1. The van der Waals surface area contributed by atoms with Crippen molar-refractivity contribution in [3.63, 3.8) is 0 Å². The van der Waals surface area contributed by atoms with Crippen LogP contribution in [0.2, 0.25) is 0 Å². The number of rotatable bonds is 5. The molecular formula is C21H26O2S. The first kappa shape index (κ1) is 17.4. The maximum Gasteiger partial charge on any atom is 0.136 e. The number of fused-ring (bicyclic) bond motifs is 1. The lowest BCUT2D eigenvalue weighted by molar-refractivity contribution is -0.120. The fourth-order valence-corrected chi connectivity index (χ4v) is 5.02. The Bertz CT molecular complexity index is 758. The van der Waals surface area contributed by atoms with Crippen LogP contribution in [-0.4, -0.2) is 17.0 Å². The molecule has 2 aromatic rings. The van der Waals surface area contributed by atoms with Crippen molar-refractivity contribution in [3.05, 3.63) is 46.9 Å². The van der Waals surface area contributed by atoms with Gasteiger partial charge in [-0.05, 0) is 48.6 Å². The highest BCUT2D eigenvalue weighted by Crippen LogP contribution is 2.35. The molecule has 3 heteroatoms. The minimum Gasteiger partial charge on any atom is -0.389 e. The number of hydrogen-bond acceptors (Lipinski definition) is 3. The fourth-order valence-electron chi connectivity index (χ4n) is 3.80. The summed E-state index contributed by atoms with van der Waals surface area (Å²) in [6.45, 7) is 6.31. The number of thiophene rings is 1. The molecule has 2 nitrogen and oxygen atoms in total. The van der Waals surface area contributed by atoms with Gasteiger partial charge in [0.05, 0.1) is 6.10 Å². The number of aryl methyl sites for hydroxylation is 2. The van der Waals surface area contributed by atoms with E-state index in [1.165, 1.54) is 20.5 Å². The molecule has 3 rings (SSSR count). The molecule has 0 saturated heterocycles. The second kappa shape index (κ2) is 7.20. The summed E-state index contributed by atoms with van der Waals surface area (Å²) >= 11 is 1.83. The summed E-state index contributed by atoms with van der Waals surface area (Å²) in [6.07, 6.45) is 5.83. The lowest BCUT2D eigenvalue weighted by Gasteiger charge is -2.14. The molecule has 1 aliphatic carbocycles. The first-order valence-electron chi connectivity index (χ1n) is 8.83. The van der Waals surface area contributed by atoms with Gasteiger partial charge in [-0.15, -0.1) is 11.3 Å². The number of benzene rings is 1. The van der Waals surface area contributed by atoms with Crippen LogP contribution in [0.4, 0.5) is 0 Å². The van der Waals surface area contributed by atoms with Gasteiger partial charge in [0.2, 0.25) is 0 Å². The van der Waals surface area contributed by atoms with Gasteiger partial charge in [0.25, 0.3) is 0 Å². The molecule has 1 heterocycles. The first-order valence-corrected chi connectivity index (χ1v) is 9.65. The zero-order valence-electron chi connectivity index (χ0n) is 14.7. The van der Waals surface area contributed by atoms with Crippen molar-refractivity contribution in [2.45, 2.75) is 46.1 Å². The minimum atomic E-state index is -0.440. The summed E-state index contributed by atoms with van der Waals surface area (Å²) in [4.78, 5) is 13.1. The third-order valence-electron chi connectivity index (χ3n) is 5.43. The number of allylic oxidation sites excluding steroid dienone is 1. The molecule has 1 N–H and O–H groups in total. The van der Waals surface area contributed by atoms with Crippen LogP contribution in [0, 0.1) is 24.7 Å². The molecule has 1 aliphatic rings. The topological polar surface area (TPSA) is 37.3 Å². The van der Waals surface area contributed by atoms with Gasteiger partial charge >= 0.3 is 0 Å². The summed E-state index contributed by atoms with van der Waals surface area (Å²) in [5.41, 5.74) is 1.34. The molecule has 1 aromatic heterocycles. The summed E-state index contributed by atoms with van der Waals surface area (Å²) in [6, 6.07) is 8.48. The summed E-state index contributed by atoms with van der Waals surface area (Å²) in [7, 11) is 0. The number of Topliss-reactive ketones (excluding diaryl/α,β-unsaturated/α-hetero) is 1. The van der Waals surface area contributed by atoms with Crippen LogP contribution in [0.25, 0.3) is 10.1 Å². The molecule has 1 fully saturated rings. The van der Waals surface area contributed by atoms with Gasteiger partial charge < -0.3 is 5.11 Å². The molecule has 1 saturated carbocycles. The van der Waals surface area contributed by atoms with Crippen LogP contribution < -0.4 is 0 Å². The van der Waals surface area contributed by atoms with Crippen LogP contribution in [0.1, 0.15) is 37.1 Å². The van der Waals surface area contributed by atoms with Gasteiger partial charge in [0.1, 0.15) is 5.78 Å². The fraction of sp³-hybridized carbons (Fsp3) is 0.476. The number of aliphatic hydroxyl groups is 1. The average Bonchev–Trinajstić information content (AvgIpc) is 3.01. The van der Waals surface area contributed by atoms with E-state index in [0.29, 0.717) is 18.1 Å². The number of ketones is 1. The Balaban J connectivity index is 1.61. The molecule has 0 bridgehead atoms. The molecule has 0 radical (unpaired) electrons. The van der Waals surface area contributed by atoms with Crippen LogP contribution >= 0.6 is 11.3 Å². The second-order valence-corrected chi connectivity index (χ2v) is 8.29. The number of carbonyl (C=O) groups excluding carboxylic acids is 1. The van der Waals surface area contributed by atoms with Crippen molar-refractivity contribution < 1.29 is 9.90 Å². The molecular weight excluding hydrogens is 316 g/mol. The maximum atomic E-state index is 11.8. The van der Waals surface area contributed by atoms with E-state index < -0.39 is 6.10 Å². The summed E-state index contributed by atoms with van der Waals surface area (Å²) in [5.74, 6) is 1.11. The Morgan fingerprint density at radius 1 is 1.33 bits per heavy atom. The van der Waals surface area contributed by atoms with Crippen LogP contribution in [0.5, 0.6) is 0 Å². The third-order valence-corrected chi connectivity index (χ3v) is 6.76. The van der Waals surface area contributed by atoms with Crippen LogP contribution in [0.15, 0.2) is 36.4 Å². The lowest BCUT2D eigenvalue weighted by atomic mass is 9.90. The Kier molecular flexibility index (Phi) is 5.21. The largest absolute Gasteiger partial charge is 0.389 e. The van der Waals surface area contributed by atoms with Crippen molar-refractivity contribution in [1.82, 2.24) is 0 Å². The first-order chi connectivity index (χ1) is 11.5. The molecule has 24 heavy (non-hydrogen) atoms. The van der Waals surface area contributed by atoms with Gasteiger partial charge in [0, 0.05) is 21.9 Å². The van der Waals surface area contributed by atoms with Gasteiger partial charge in [-0.25, -0.2) is 0 Å². The zero-order chi connectivity index (χ0) is 17.3. The minimum absolute atomic E-state index is 0.0910. The Labute approximate surface area is 148 Å². The van der Waals surface area contributed by atoms with E-state index in [9.17, 15) is 9.90 Å². The lowest BCUT2D eigenvalue weighted by Crippen LogP contribution is -2.12. The molecule has 4 atom stereocenters. The predicted octanol–water partition coefficient (Wildman–Crippen LogP) is 4.92. The van der Waals surface area contributed by atoms with Crippen molar-refractivity contribution in [2.75, 3.05) is 0 Å². The van der Waals surface area contributed by atoms with E-state index >= 15 is 0 Å². The number of hydrogen-bond donors (Lipinski definition) is 1. The summed E-state index contributed by atoms with van der Waals surface area (Å²) < 4.78 is 1.32. The highest BCUT2D eigenvalue weighted by Gasteiger charge is 2.35. The summed E-state index contributed by atoms with van der Waals surface area (Å²) in [5, 5.41) is 11.6. The monoisotopic (exact) mass is 342 g/mol. The van der Waals surface area contributed by atoms with E-state index in [-0.39, 0.29) is 11.8 Å². The maximum absolute atomic E-state index is 11.8. The van der Waals surface area contributed by atoms with E-state index in [1.54, 1.807) is 0 Å². The second-order valence-electron chi connectivity index (χ2n) is 7.15. The third kappa shape index (κ3) is 3.47. The molecule has 1 aromatic carbocycles. The zero-order valence-corrected chi connectivity index (χ0v) is 15.5. The van der Waals surface area contributed by atoms with Crippen molar-refractivity contribution in [1.29, 1.82) is 0 Å². The Morgan fingerprint density at radius 3 is 2.75 bits per heavy atom. The van der Waals surface area contributed by atoms with Gasteiger partial charge in [0.15, 0.2) is 0 Å². The van der Waals surface area contributed by atoms with E-state index in [0.717, 1.165) is 12.8 Å². The quantitative estimate of drug-likeness (QED) is 0.783. The van der Waals surface area contributed by atoms with Crippen molar-refractivity contribution in [3.8, 4) is 0 Å². The number of carbonyl (C=O) groups is 1. The highest BCUT2D eigenvalue weighted by molar-refractivity contribution is 7.19. The SMILES string of the molecule is Cc1c(CCC(O)/C=C/C2C(C)C(=O)C[C@H]2C)sc2ccccc12. The van der Waals surface area contributed by atoms with E-state index in [2.05, 4.69) is 44.2 Å². The van der Waals surface area contributed by atoms with E-state index in [1.807, 2.05) is 24.3 Å². The molecule has 0 aliphatic heterocycles. The van der Waals surface area contributed by atoms with Crippen LogP contribution in [0.3, 0.4) is 0 Å². The Hall–Kier alpha value is -1.45. The average molecular weight is 343 g/mol. The van der Waals surface area contributed by atoms with Crippen LogP contribution in [-0.2, 0) is 11.2 Å². The van der Waals surface area contributed by atoms with Crippen molar-refractivity contribution >= 4 is 27.2 Å². The standard InChI is InChI=1S/C21H26O2S/c1-13-12-19(23)14(2)17(13)10-8-16(22)9-11-20-15(3)18-6-4-5-7-21(18)24-20/h4-8,10,13-14,16-17,22H,9,11-12H2,1-3H3/b10-8+/t13-,14?,16?,17?/m1/s1. The molecule has 3 unspecified atom stereocenters. The smallest absolute Gasteiger partial charge is 0.136 e. The predicted molar refractivity (Wildman–Crippen MR) is 101 cm³/mol. The van der Waals surface area contributed by atoms with Crippen molar-refractivity contribution in [2.24, 2.45) is 17.8 Å².